The van der Waals surface area contributed by atoms with Crippen molar-refractivity contribution in [3.8, 4) is 10.6 Å². The zero-order valence-corrected chi connectivity index (χ0v) is 16.3. The second-order valence-corrected chi connectivity index (χ2v) is 7.50. The van der Waals surface area contributed by atoms with E-state index in [0.29, 0.717) is 10.6 Å². The molecule has 142 valence electrons. The minimum absolute atomic E-state index is 0.126. The van der Waals surface area contributed by atoms with Gasteiger partial charge >= 0.3 is 6.18 Å². The quantitative estimate of drug-likeness (QED) is 0.640. The van der Waals surface area contributed by atoms with Crippen molar-refractivity contribution in [3.05, 3.63) is 34.8 Å². The van der Waals surface area contributed by atoms with Crippen LogP contribution in [0.1, 0.15) is 45.2 Å². The molecule has 0 aliphatic heterocycles. The van der Waals surface area contributed by atoms with Gasteiger partial charge < -0.3 is 5.11 Å². The van der Waals surface area contributed by atoms with Gasteiger partial charge in [-0.3, -0.25) is 4.99 Å². The number of hydrogen-bond donors (Lipinski definition) is 1. The van der Waals surface area contributed by atoms with Crippen LogP contribution in [-0.4, -0.2) is 22.0 Å². The smallest absolute Gasteiger partial charge is 0.376 e. The van der Waals surface area contributed by atoms with Crippen molar-refractivity contribution < 1.29 is 18.3 Å². The molecule has 0 radical (unpaired) electrons. The summed E-state index contributed by atoms with van der Waals surface area (Å²) in [6.45, 7) is 8.25. The maximum absolute atomic E-state index is 13.5. The highest BCUT2D eigenvalue weighted by Gasteiger charge is 2.52. The molecule has 1 aromatic heterocycles. The van der Waals surface area contributed by atoms with Crippen molar-refractivity contribution in [2.24, 2.45) is 10.9 Å². The maximum atomic E-state index is 13.5. The zero-order valence-electron chi connectivity index (χ0n) is 15.5. The molecule has 0 aliphatic rings. The van der Waals surface area contributed by atoms with Gasteiger partial charge in [-0.2, -0.15) is 13.2 Å². The molecule has 0 amide bonds. The van der Waals surface area contributed by atoms with Crippen molar-refractivity contribution >= 4 is 22.7 Å². The lowest BCUT2D eigenvalue weighted by Crippen LogP contribution is -2.39. The molecule has 0 saturated heterocycles. The van der Waals surface area contributed by atoms with Gasteiger partial charge in [-0.25, -0.2) is 4.98 Å². The van der Waals surface area contributed by atoms with E-state index in [1.165, 1.54) is 17.4 Å². The van der Waals surface area contributed by atoms with E-state index in [1.807, 2.05) is 19.2 Å². The molecule has 0 fully saturated rings. The number of hydrogen-bond acceptors (Lipinski definition) is 4. The number of alkyl halides is 3. The molecule has 2 atom stereocenters. The number of rotatable bonds is 5. The Morgan fingerprint density at radius 2 is 2.00 bits per heavy atom. The predicted octanol–water partition coefficient (Wildman–Crippen LogP) is 6.03. The first kappa shape index (κ1) is 20.6. The Morgan fingerprint density at radius 3 is 2.50 bits per heavy atom. The van der Waals surface area contributed by atoms with E-state index in [9.17, 15) is 18.3 Å². The summed E-state index contributed by atoms with van der Waals surface area (Å²) in [5.41, 5.74) is -1.05. The molecule has 0 aliphatic carbocycles. The molecule has 1 heterocycles. The number of halogens is 3. The van der Waals surface area contributed by atoms with Crippen molar-refractivity contribution in [2.75, 3.05) is 0 Å². The van der Waals surface area contributed by atoms with Gasteiger partial charge in [0.25, 0.3) is 0 Å². The molecular weight excluding hydrogens is 361 g/mol. The molecule has 26 heavy (non-hydrogen) atoms. The van der Waals surface area contributed by atoms with Crippen LogP contribution in [0.2, 0.25) is 0 Å². The Kier molecular flexibility index (Phi) is 5.92. The van der Waals surface area contributed by atoms with Gasteiger partial charge in [0, 0.05) is 28.4 Å². The van der Waals surface area contributed by atoms with Crippen LogP contribution < -0.4 is 0 Å². The largest absolute Gasteiger partial charge is 0.421 e. The average molecular weight is 384 g/mol. The summed E-state index contributed by atoms with van der Waals surface area (Å²) in [6.07, 6.45) is -2.34. The first-order chi connectivity index (χ1) is 12.0. The third kappa shape index (κ3) is 3.83. The number of aliphatic hydroxyl groups is 1. The van der Waals surface area contributed by atoms with Crippen LogP contribution in [0.3, 0.4) is 0 Å². The van der Waals surface area contributed by atoms with Crippen molar-refractivity contribution in [1.29, 1.82) is 0 Å². The van der Waals surface area contributed by atoms with E-state index in [1.54, 1.807) is 26.1 Å². The lowest BCUT2D eigenvalue weighted by atomic mass is 9.89. The number of aliphatic imine (C=N–C) groups is 1. The molecule has 2 rings (SSSR count). The third-order valence-electron chi connectivity index (χ3n) is 4.78. The fraction of sp³-hybridized carbons (Fsp3) is 0.474. The summed E-state index contributed by atoms with van der Waals surface area (Å²) in [7, 11) is 0. The van der Waals surface area contributed by atoms with E-state index < -0.39 is 11.8 Å². The number of benzene rings is 1. The SMILES string of the molecule is CCC(C)C(C)=Nc1c(C(C)(O)C(F)(F)F)ccc(-c2nccs2)c1C. The first-order valence-electron chi connectivity index (χ1n) is 8.38. The molecule has 3 nitrogen and oxygen atoms in total. The highest BCUT2D eigenvalue weighted by Crippen LogP contribution is 2.45. The molecule has 0 spiro atoms. The Morgan fingerprint density at radius 1 is 1.35 bits per heavy atom. The third-order valence-corrected chi connectivity index (χ3v) is 5.59. The summed E-state index contributed by atoms with van der Waals surface area (Å²) >= 11 is 1.40. The predicted molar refractivity (Wildman–Crippen MR) is 100 cm³/mol. The number of thiazole rings is 1. The van der Waals surface area contributed by atoms with E-state index >= 15 is 0 Å². The fourth-order valence-corrected chi connectivity index (χ4v) is 3.28. The van der Waals surface area contributed by atoms with Crippen LogP contribution in [0.15, 0.2) is 28.7 Å². The van der Waals surface area contributed by atoms with Crippen LogP contribution in [0.5, 0.6) is 0 Å². The van der Waals surface area contributed by atoms with E-state index in [2.05, 4.69) is 9.98 Å². The molecule has 1 N–H and O–H groups in total. The van der Waals surface area contributed by atoms with Gasteiger partial charge in [-0.05, 0) is 38.7 Å². The van der Waals surface area contributed by atoms with Crippen molar-refractivity contribution in [2.45, 2.75) is 52.8 Å². The monoisotopic (exact) mass is 384 g/mol. The van der Waals surface area contributed by atoms with Gasteiger partial charge in [-0.15, -0.1) is 11.3 Å². The number of nitrogens with zero attached hydrogens (tertiary/aromatic N) is 2. The summed E-state index contributed by atoms with van der Waals surface area (Å²) in [5, 5.41) is 12.8. The summed E-state index contributed by atoms with van der Waals surface area (Å²) in [6, 6.07) is 2.88. The van der Waals surface area contributed by atoms with Gasteiger partial charge in [0.15, 0.2) is 5.60 Å². The molecular formula is C19H23F3N2OS. The van der Waals surface area contributed by atoms with Gasteiger partial charge in [0.05, 0.1) is 5.69 Å². The van der Waals surface area contributed by atoms with Crippen LogP contribution >= 0.6 is 11.3 Å². The minimum Gasteiger partial charge on any atom is -0.376 e. The van der Waals surface area contributed by atoms with Gasteiger partial charge in [0.1, 0.15) is 5.01 Å². The van der Waals surface area contributed by atoms with Crippen LogP contribution in [0, 0.1) is 12.8 Å². The van der Waals surface area contributed by atoms with Gasteiger partial charge in [0.2, 0.25) is 0 Å². The van der Waals surface area contributed by atoms with Crippen LogP contribution in [0.4, 0.5) is 18.9 Å². The lowest BCUT2D eigenvalue weighted by molar-refractivity contribution is -0.258. The minimum atomic E-state index is -4.81. The average Bonchev–Trinajstić information content (AvgIpc) is 3.08. The molecule has 2 unspecified atom stereocenters. The maximum Gasteiger partial charge on any atom is 0.421 e. The van der Waals surface area contributed by atoms with E-state index in [4.69, 9.17) is 0 Å². The first-order valence-corrected chi connectivity index (χ1v) is 9.26. The van der Waals surface area contributed by atoms with Crippen LogP contribution in [0.25, 0.3) is 10.6 Å². The van der Waals surface area contributed by atoms with Crippen molar-refractivity contribution in [3.63, 3.8) is 0 Å². The topological polar surface area (TPSA) is 45.5 Å². The Balaban J connectivity index is 2.75. The molecule has 0 saturated carbocycles. The summed E-state index contributed by atoms with van der Waals surface area (Å²) in [4.78, 5) is 8.76. The number of aromatic nitrogens is 1. The highest BCUT2D eigenvalue weighted by atomic mass is 32.1. The molecule has 0 bridgehead atoms. The van der Waals surface area contributed by atoms with E-state index in [-0.39, 0.29) is 17.2 Å². The van der Waals surface area contributed by atoms with E-state index in [0.717, 1.165) is 24.6 Å². The lowest BCUT2D eigenvalue weighted by Gasteiger charge is -2.29. The highest BCUT2D eigenvalue weighted by molar-refractivity contribution is 7.13. The second-order valence-electron chi connectivity index (χ2n) is 6.60. The van der Waals surface area contributed by atoms with Crippen LogP contribution in [-0.2, 0) is 5.60 Å². The summed E-state index contributed by atoms with van der Waals surface area (Å²) < 4.78 is 40.4. The van der Waals surface area contributed by atoms with Crippen molar-refractivity contribution in [1.82, 2.24) is 4.98 Å². The Hall–Kier alpha value is -1.73. The molecule has 1 aromatic carbocycles. The fourth-order valence-electron chi connectivity index (χ4n) is 2.56. The summed E-state index contributed by atoms with van der Waals surface area (Å²) in [5.74, 6) is 0.126. The molecule has 2 aromatic rings. The van der Waals surface area contributed by atoms with Gasteiger partial charge in [-0.1, -0.05) is 26.0 Å². The Bertz CT molecular complexity index is 796. The Labute approximate surface area is 155 Å². The normalized spacial score (nSPS) is 16.4. The zero-order chi connectivity index (χ0) is 19.7. The second kappa shape index (κ2) is 7.48. The standard InChI is InChI=1S/C19H23F3N2OS/c1-6-11(2)13(4)24-16-12(3)14(17-23-9-10-26-17)7-8-15(16)18(5,25)19(20,21)22/h7-11,25H,6H2,1-5H3. The molecule has 7 heteroatoms.